The van der Waals surface area contributed by atoms with E-state index >= 15 is 0 Å². The topological polar surface area (TPSA) is 26.3 Å². The molecule has 0 unspecified atom stereocenters. The van der Waals surface area contributed by atoms with Crippen LogP contribution in [-0.4, -0.2) is 0 Å². The molecular weight excluding hydrogens is 184 g/mol. The summed E-state index contributed by atoms with van der Waals surface area (Å²) in [5.41, 5.74) is 0. The lowest BCUT2D eigenvalue weighted by Gasteiger charge is -1.92. The highest BCUT2D eigenvalue weighted by Crippen LogP contribution is 2.32. The second kappa shape index (κ2) is 3.34. The van der Waals surface area contributed by atoms with Crippen molar-refractivity contribution >= 4 is 11.8 Å². The summed E-state index contributed by atoms with van der Waals surface area (Å²) in [6, 6.07) is 5.83. The average molecular weight is 194 g/mol. The van der Waals surface area contributed by atoms with Crippen LogP contribution in [-0.2, 0) is 0 Å². The largest absolute Gasteiger partial charge is 0.465 e. The fourth-order valence-corrected chi connectivity index (χ4v) is 2.02. The lowest BCUT2D eigenvalue weighted by molar-refractivity contribution is 0.473. The van der Waals surface area contributed by atoms with E-state index in [1.165, 1.54) is 0 Å². The van der Waals surface area contributed by atoms with E-state index in [0.717, 1.165) is 21.5 Å². The van der Waals surface area contributed by atoms with Crippen LogP contribution in [0.4, 0.5) is 0 Å². The smallest absolute Gasteiger partial charge is 0.164 e. The first-order valence-electron chi connectivity index (χ1n) is 4.04. The molecule has 0 spiro atoms. The quantitative estimate of drug-likeness (QED) is 0.730. The van der Waals surface area contributed by atoms with E-state index in [2.05, 4.69) is 0 Å². The van der Waals surface area contributed by atoms with Crippen molar-refractivity contribution in [2.45, 2.75) is 23.8 Å². The van der Waals surface area contributed by atoms with Crippen LogP contribution in [0.5, 0.6) is 0 Å². The van der Waals surface area contributed by atoms with Gasteiger partial charge in [-0.3, -0.25) is 0 Å². The Hall–Kier alpha value is -1.09. The zero-order chi connectivity index (χ0) is 9.26. The molecule has 0 aliphatic heterocycles. The van der Waals surface area contributed by atoms with Gasteiger partial charge in [-0.2, -0.15) is 0 Å². The van der Waals surface area contributed by atoms with Gasteiger partial charge in [0.05, 0.1) is 11.2 Å². The van der Waals surface area contributed by atoms with Crippen LogP contribution >= 0.6 is 11.8 Å². The van der Waals surface area contributed by atoms with E-state index in [4.69, 9.17) is 8.83 Å². The van der Waals surface area contributed by atoms with E-state index in [-0.39, 0.29) is 0 Å². The van der Waals surface area contributed by atoms with Crippen molar-refractivity contribution < 1.29 is 8.83 Å². The van der Waals surface area contributed by atoms with Gasteiger partial charge in [-0.05, 0) is 43.8 Å². The molecule has 0 aliphatic rings. The molecule has 2 aromatic rings. The molecule has 0 atom stereocenters. The fraction of sp³-hybridized carbons (Fsp3) is 0.200. The maximum absolute atomic E-state index is 5.40. The monoisotopic (exact) mass is 194 g/mol. The van der Waals surface area contributed by atoms with Crippen molar-refractivity contribution in [3.05, 3.63) is 36.0 Å². The molecule has 0 aliphatic carbocycles. The SMILES string of the molecule is Cc1cc(Sc2ccco2)c(C)o1. The molecule has 0 aromatic carbocycles. The first-order chi connectivity index (χ1) is 6.25. The number of hydrogen-bond acceptors (Lipinski definition) is 3. The summed E-state index contributed by atoms with van der Waals surface area (Å²) in [6.45, 7) is 3.90. The highest BCUT2D eigenvalue weighted by Gasteiger charge is 2.07. The molecule has 0 fully saturated rings. The van der Waals surface area contributed by atoms with Crippen molar-refractivity contribution in [2.75, 3.05) is 0 Å². The van der Waals surface area contributed by atoms with Crippen LogP contribution in [0.15, 0.2) is 43.3 Å². The van der Waals surface area contributed by atoms with Crippen molar-refractivity contribution in [3.63, 3.8) is 0 Å². The molecule has 0 saturated heterocycles. The molecule has 3 heteroatoms. The van der Waals surface area contributed by atoms with Gasteiger partial charge in [-0.1, -0.05) is 0 Å². The average Bonchev–Trinajstić information content (AvgIpc) is 2.63. The second-order valence-electron chi connectivity index (χ2n) is 2.81. The molecule has 2 rings (SSSR count). The Kier molecular flexibility index (Phi) is 2.19. The summed E-state index contributed by atoms with van der Waals surface area (Å²) < 4.78 is 10.6. The highest BCUT2D eigenvalue weighted by molar-refractivity contribution is 7.99. The normalized spacial score (nSPS) is 10.6. The van der Waals surface area contributed by atoms with Crippen molar-refractivity contribution in [3.8, 4) is 0 Å². The second-order valence-corrected chi connectivity index (χ2v) is 3.86. The van der Waals surface area contributed by atoms with E-state index in [0.29, 0.717) is 0 Å². The third kappa shape index (κ3) is 1.80. The van der Waals surface area contributed by atoms with Crippen molar-refractivity contribution in [1.82, 2.24) is 0 Å². The zero-order valence-electron chi connectivity index (χ0n) is 7.53. The lowest BCUT2D eigenvalue weighted by Crippen LogP contribution is -1.68. The Labute approximate surface area is 80.9 Å². The van der Waals surface area contributed by atoms with E-state index in [9.17, 15) is 0 Å². The minimum Gasteiger partial charge on any atom is -0.465 e. The van der Waals surface area contributed by atoms with Gasteiger partial charge < -0.3 is 8.83 Å². The first kappa shape index (κ1) is 8.51. The van der Waals surface area contributed by atoms with Gasteiger partial charge in [0.2, 0.25) is 0 Å². The number of aryl methyl sites for hydroxylation is 2. The molecule has 0 saturated carbocycles. The first-order valence-corrected chi connectivity index (χ1v) is 4.86. The highest BCUT2D eigenvalue weighted by atomic mass is 32.2. The maximum atomic E-state index is 5.40. The summed E-state index contributed by atoms with van der Waals surface area (Å²) in [6.07, 6.45) is 1.67. The van der Waals surface area contributed by atoms with Gasteiger partial charge in [0.1, 0.15) is 11.5 Å². The van der Waals surface area contributed by atoms with Gasteiger partial charge in [-0.15, -0.1) is 0 Å². The Morgan fingerprint density at radius 2 is 2.15 bits per heavy atom. The lowest BCUT2D eigenvalue weighted by atomic mass is 10.4. The molecule has 13 heavy (non-hydrogen) atoms. The molecule has 68 valence electrons. The van der Waals surface area contributed by atoms with Crippen LogP contribution in [0.25, 0.3) is 0 Å². The number of hydrogen-bond donors (Lipinski definition) is 0. The molecular formula is C10H10O2S. The van der Waals surface area contributed by atoms with E-state index < -0.39 is 0 Å². The van der Waals surface area contributed by atoms with Crippen LogP contribution < -0.4 is 0 Å². The number of rotatable bonds is 2. The van der Waals surface area contributed by atoms with Crippen LogP contribution in [0.2, 0.25) is 0 Å². The third-order valence-electron chi connectivity index (χ3n) is 1.70. The van der Waals surface area contributed by atoms with E-state index in [1.54, 1.807) is 18.0 Å². The fourth-order valence-electron chi connectivity index (χ4n) is 1.14. The van der Waals surface area contributed by atoms with Crippen LogP contribution in [0.3, 0.4) is 0 Å². The summed E-state index contributed by atoms with van der Waals surface area (Å²) in [7, 11) is 0. The molecule has 0 amide bonds. The third-order valence-corrected chi connectivity index (χ3v) is 2.76. The zero-order valence-corrected chi connectivity index (χ0v) is 8.35. The minimum absolute atomic E-state index is 0.893. The molecule has 2 heterocycles. The Bertz CT molecular complexity index is 387. The predicted molar refractivity (Wildman–Crippen MR) is 51.0 cm³/mol. The van der Waals surface area contributed by atoms with Crippen molar-refractivity contribution in [1.29, 1.82) is 0 Å². The van der Waals surface area contributed by atoms with Gasteiger partial charge in [0.25, 0.3) is 0 Å². The molecule has 0 N–H and O–H groups in total. The standard InChI is InChI=1S/C10H10O2S/c1-7-6-9(8(2)12-7)13-10-4-3-5-11-10/h3-6H,1-2H3. The summed E-state index contributed by atoms with van der Waals surface area (Å²) in [5.74, 6) is 1.88. The Morgan fingerprint density at radius 1 is 1.31 bits per heavy atom. The van der Waals surface area contributed by atoms with Crippen LogP contribution in [0, 0.1) is 13.8 Å². The van der Waals surface area contributed by atoms with Gasteiger partial charge in [-0.25, -0.2) is 0 Å². The minimum atomic E-state index is 0.893. The Balaban J connectivity index is 2.23. The summed E-state index contributed by atoms with van der Waals surface area (Å²) >= 11 is 1.58. The van der Waals surface area contributed by atoms with Crippen LogP contribution in [0.1, 0.15) is 11.5 Å². The van der Waals surface area contributed by atoms with Gasteiger partial charge >= 0.3 is 0 Å². The molecule has 2 aromatic heterocycles. The Morgan fingerprint density at radius 3 is 2.69 bits per heavy atom. The van der Waals surface area contributed by atoms with Crippen molar-refractivity contribution in [2.24, 2.45) is 0 Å². The van der Waals surface area contributed by atoms with Gasteiger partial charge in [0, 0.05) is 0 Å². The summed E-state index contributed by atoms with van der Waals surface area (Å²) in [4.78, 5) is 1.12. The predicted octanol–water partition coefficient (Wildman–Crippen LogP) is 3.64. The van der Waals surface area contributed by atoms with E-state index in [1.807, 2.05) is 32.0 Å². The number of furan rings is 2. The maximum Gasteiger partial charge on any atom is 0.164 e. The molecule has 0 radical (unpaired) electrons. The van der Waals surface area contributed by atoms with Gasteiger partial charge in [0.15, 0.2) is 5.09 Å². The summed E-state index contributed by atoms with van der Waals surface area (Å²) in [5, 5.41) is 0.893. The molecule has 0 bridgehead atoms. The molecule has 2 nitrogen and oxygen atoms in total.